The number of nitrogens with one attached hydrogen (secondary N) is 1. The summed E-state index contributed by atoms with van der Waals surface area (Å²) in [5, 5.41) is 2.48. The van der Waals surface area contributed by atoms with Gasteiger partial charge in [-0.05, 0) is 44.5 Å². The molecular formula is C22H23NO8. The molecule has 1 N–H and O–H groups in total. The molecule has 1 aliphatic heterocycles. The Bertz CT molecular complexity index is 1020. The van der Waals surface area contributed by atoms with Gasteiger partial charge in [0.1, 0.15) is 30.1 Å². The Morgan fingerprint density at radius 1 is 1.00 bits per heavy atom. The second-order valence-corrected chi connectivity index (χ2v) is 6.40. The number of amides is 1. The third-order valence-electron chi connectivity index (χ3n) is 4.27. The Morgan fingerprint density at radius 3 is 2.32 bits per heavy atom. The highest BCUT2D eigenvalue weighted by Gasteiger charge is 2.31. The number of aryl methyl sites for hydroxylation is 1. The van der Waals surface area contributed by atoms with Crippen molar-refractivity contribution >= 4 is 29.8 Å². The van der Waals surface area contributed by atoms with E-state index in [-0.39, 0.29) is 36.0 Å². The molecule has 0 radical (unpaired) electrons. The summed E-state index contributed by atoms with van der Waals surface area (Å²) in [7, 11) is 0. The molecule has 0 unspecified atom stereocenters. The lowest BCUT2D eigenvalue weighted by Crippen LogP contribution is -2.16. The maximum Gasteiger partial charge on any atom is 0.344 e. The minimum Gasteiger partial charge on any atom is -0.486 e. The van der Waals surface area contributed by atoms with Crippen LogP contribution in [0.5, 0.6) is 11.5 Å². The van der Waals surface area contributed by atoms with Crippen LogP contribution in [0.3, 0.4) is 0 Å². The van der Waals surface area contributed by atoms with Gasteiger partial charge in [0.2, 0.25) is 5.88 Å². The largest absolute Gasteiger partial charge is 0.486 e. The van der Waals surface area contributed by atoms with Crippen molar-refractivity contribution in [2.45, 2.75) is 20.8 Å². The molecule has 9 heteroatoms. The Labute approximate surface area is 178 Å². The Hall–Kier alpha value is -3.75. The van der Waals surface area contributed by atoms with E-state index in [4.69, 9.17) is 23.4 Å². The highest BCUT2D eigenvalue weighted by molar-refractivity contribution is 6.11. The van der Waals surface area contributed by atoms with Crippen molar-refractivity contribution in [1.82, 2.24) is 0 Å². The highest BCUT2D eigenvalue weighted by atomic mass is 16.6. The van der Waals surface area contributed by atoms with Crippen molar-refractivity contribution in [3.8, 4) is 11.5 Å². The third-order valence-corrected chi connectivity index (χ3v) is 4.27. The quantitative estimate of drug-likeness (QED) is 0.527. The van der Waals surface area contributed by atoms with Crippen LogP contribution in [0.4, 0.5) is 5.88 Å². The molecule has 0 spiro atoms. The molecule has 0 atom stereocenters. The van der Waals surface area contributed by atoms with E-state index in [0.29, 0.717) is 30.3 Å². The summed E-state index contributed by atoms with van der Waals surface area (Å²) in [6.45, 7) is 5.91. The average Bonchev–Trinajstić information content (AvgIpc) is 3.08. The first kappa shape index (κ1) is 21.9. The van der Waals surface area contributed by atoms with E-state index in [1.807, 2.05) is 0 Å². The van der Waals surface area contributed by atoms with Crippen LogP contribution in [-0.2, 0) is 14.3 Å². The molecule has 0 aliphatic carbocycles. The lowest BCUT2D eigenvalue weighted by molar-refractivity contribution is -0.111. The van der Waals surface area contributed by atoms with E-state index in [2.05, 4.69) is 5.32 Å². The number of benzene rings is 1. The first-order chi connectivity index (χ1) is 14.9. The van der Waals surface area contributed by atoms with Crippen LogP contribution < -0.4 is 14.8 Å². The molecule has 1 amide bonds. The molecule has 1 aromatic carbocycles. The van der Waals surface area contributed by atoms with Gasteiger partial charge in [-0.25, -0.2) is 9.59 Å². The first-order valence-corrected chi connectivity index (χ1v) is 9.80. The number of hydrogen-bond acceptors (Lipinski definition) is 8. The van der Waals surface area contributed by atoms with Gasteiger partial charge < -0.3 is 23.4 Å². The molecule has 1 aliphatic rings. The molecule has 9 nitrogen and oxygen atoms in total. The molecule has 1 aromatic heterocycles. The molecule has 3 rings (SSSR count). The zero-order chi connectivity index (χ0) is 22.4. The van der Waals surface area contributed by atoms with Crippen molar-refractivity contribution in [3.63, 3.8) is 0 Å². The van der Waals surface area contributed by atoms with Gasteiger partial charge in [0.25, 0.3) is 5.91 Å². The first-order valence-electron chi connectivity index (χ1n) is 9.80. The highest BCUT2D eigenvalue weighted by Crippen LogP contribution is 2.31. The van der Waals surface area contributed by atoms with E-state index in [0.717, 1.165) is 0 Å². The maximum absolute atomic E-state index is 12.4. The zero-order valence-electron chi connectivity index (χ0n) is 17.5. The van der Waals surface area contributed by atoms with Crippen LogP contribution in [-0.4, -0.2) is 44.3 Å². The van der Waals surface area contributed by atoms with Crippen molar-refractivity contribution in [3.05, 3.63) is 46.7 Å². The molecule has 2 aromatic rings. The van der Waals surface area contributed by atoms with Gasteiger partial charge >= 0.3 is 11.9 Å². The smallest absolute Gasteiger partial charge is 0.344 e. The number of carbonyl (C=O) groups is 3. The molecule has 164 valence electrons. The van der Waals surface area contributed by atoms with Crippen LogP contribution in [0.15, 0.2) is 28.7 Å². The van der Waals surface area contributed by atoms with Crippen LogP contribution in [0.2, 0.25) is 0 Å². The van der Waals surface area contributed by atoms with Crippen molar-refractivity contribution in [1.29, 1.82) is 0 Å². The van der Waals surface area contributed by atoms with Gasteiger partial charge in [0, 0.05) is 6.08 Å². The van der Waals surface area contributed by atoms with Gasteiger partial charge in [-0.1, -0.05) is 6.07 Å². The van der Waals surface area contributed by atoms with Crippen molar-refractivity contribution in [2.24, 2.45) is 0 Å². The SMILES string of the molecule is CCOC(=O)c1c(C)oc(NC(=O)/C=C\c2ccc3c(c2)OCCO3)c1C(=O)OCC. The summed E-state index contributed by atoms with van der Waals surface area (Å²) in [5.74, 6) is -0.913. The van der Waals surface area contributed by atoms with Gasteiger partial charge in [-0.2, -0.15) is 0 Å². The number of anilines is 1. The lowest BCUT2D eigenvalue weighted by Gasteiger charge is -2.18. The predicted molar refractivity (Wildman–Crippen MR) is 110 cm³/mol. The van der Waals surface area contributed by atoms with E-state index >= 15 is 0 Å². The number of furan rings is 1. The van der Waals surface area contributed by atoms with Crippen molar-refractivity contribution in [2.75, 3.05) is 31.7 Å². The summed E-state index contributed by atoms with van der Waals surface area (Å²) in [4.78, 5) is 37.1. The summed E-state index contributed by atoms with van der Waals surface area (Å²) >= 11 is 0. The second-order valence-electron chi connectivity index (χ2n) is 6.40. The molecule has 2 heterocycles. The normalized spacial score (nSPS) is 12.5. The van der Waals surface area contributed by atoms with Gasteiger partial charge in [0.05, 0.1) is 13.2 Å². The second kappa shape index (κ2) is 9.84. The summed E-state index contributed by atoms with van der Waals surface area (Å²) in [5.41, 5.74) is 0.457. The minimum absolute atomic E-state index is 0.0774. The van der Waals surface area contributed by atoms with E-state index in [1.54, 1.807) is 38.1 Å². The minimum atomic E-state index is -0.798. The summed E-state index contributed by atoms with van der Waals surface area (Å²) in [6, 6.07) is 5.28. The van der Waals surface area contributed by atoms with E-state index in [1.165, 1.54) is 13.0 Å². The average molecular weight is 429 g/mol. The molecule has 0 fully saturated rings. The van der Waals surface area contributed by atoms with Crippen LogP contribution >= 0.6 is 0 Å². The van der Waals surface area contributed by atoms with Gasteiger partial charge in [-0.15, -0.1) is 0 Å². The Balaban J connectivity index is 1.81. The number of esters is 2. The van der Waals surface area contributed by atoms with Gasteiger partial charge in [-0.3, -0.25) is 10.1 Å². The van der Waals surface area contributed by atoms with Crippen LogP contribution in [0.25, 0.3) is 6.08 Å². The molecule has 31 heavy (non-hydrogen) atoms. The zero-order valence-corrected chi connectivity index (χ0v) is 17.5. The number of carbonyl (C=O) groups excluding carboxylic acids is 3. The fraction of sp³-hybridized carbons (Fsp3) is 0.318. The molecular weight excluding hydrogens is 406 g/mol. The van der Waals surface area contributed by atoms with E-state index < -0.39 is 17.8 Å². The van der Waals surface area contributed by atoms with Crippen LogP contribution in [0, 0.1) is 6.92 Å². The number of rotatable bonds is 7. The summed E-state index contributed by atoms with van der Waals surface area (Å²) in [6.07, 6.45) is 2.84. The Morgan fingerprint density at radius 2 is 1.65 bits per heavy atom. The Kier molecular flexibility index (Phi) is 6.96. The van der Waals surface area contributed by atoms with Crippen LogP contribution in [0.1, 0.15) is 45.9 Å². The number of fused-ring (bicyclic) bond motifs is 1. The van der Waals surface area contributed by atoms with E-state index in [9.17, 15) is 14.4 Å². The van der Waals surface area contributed by atoms with Gasteiger partial charge in [0.15, 0.2) is 11.5 Å². The molecule has 0 bridgehead atoms. The number of hydrogen-bond donors (Lipinski definition) is 1. The topological polar surface area (TPSA) is 113 Å². The standard InChI is InChI=1S/C22H23NO8/c1-4-27-21(25)18-13(3)31-20(19(18)22(26)28-5-2)23-17(24)9-7-14-6-8-15-16(12-14)30-11-10-29-15/h6-9,12H,4-5,10-11H2,1-3H3,(H,23,24)/b9-7-. The fourth-order valence-electron chi connectivity index (χ4n) is 2.97. The predicted octanol–water partition coefficient (Wildman–Crippen LogP) is 3.36. The lowest BCUT2D eigenvalue weighted by atomic mass is 10.1. The number of ether oxygens (including phenoxy) is 4. The monoisotopic (exact) mass is 429 g/mol. The summed E-state index contributed by atoms with van der Waals surface area (Å²) < 4.78 is 26.5. The van der Waals surface area contributed by atoms with Crippen molar-refractivity contribution < 1.29 is 37.7 Å². The fourth-order valence-corrected chi connectivity index (χ4v) is 2.97. The molecule has 0 saturated carbocycles. The molecule has 0 saturated heterocycles. The third kappa shape index (κ3) is 5.06. The maximum atomic E-state index is 12.4.